The lowest BCUT2D eigenvalue weighted by atomic mass is 10.2. The predicted octanol–water partition coefficient (Wildman–Crippen LogP) is 1.08. The van der Waals surface area contributed by atoms with Crippen molar-refractivity contribution in [3.05, 3.63) is 23.8 Å². The third-order valence-electron chi connectivity index (χ3n) is 1.34. The van der Waals surface area contributed by atoms with Gasteiger partial charge in [0.05, 0.1) is 6.21 Å². The van der Waals surface area contributed by atoms with Crippen molar-refractivity contribution in [3.8, 4) is 11.5 Å². The summed E-state index contributed by atoms with van der Waals surface area (Å²) in [5.74, 6) is -0.367. The van der Waals surface area contributed by atoms with Crippen LogP contribution in [-0.4, -0.2) is 23.5 Å². The number of benzene rings is 1. The Morgan fingerprint density at radius 3 is 2.83 bits per heavy atom. The molecule has 0 saturated carbocycles. The van der Waals surface area contributed by atoms with Crippen LogP contribution in [0.1, 0.15) is 5.56 Å². The fourth-order valence-corrected chi connectivity index (χ4v) is 0.762. The maximum atomic E-state index is 9.23. The first-order chi connectivity index (χ1) is 5.75. The number of phenols is 2. The fraction of sp³-hybridized carbons (Fsp3) is 0.125. The highest BCUT2D eigenvalue weighted by Gasteiger charge is 2.02. The lowest BCUT2D eigenvalue weighted by molar-refractivity contribution is 0.215. The third-order valence-corrected chi connectivity index (χ3v) is 1.34. The minimum atomic E-state index is -0.196. The number of hydrogen-bond donors (Lipinski definition) is 2. The van der Waals surface area contributed by atoms with Gasteiger partial charge >= 0.3 is 0 Å². The topological polar surface area (TPSA) is 62.0 Å². The lowest BCUT2D eigenvalue weighted by Crippen LogP contribution is -1.82. The van der Waals surface area contributed by atoms with Crippen LogP contribution in [-0.2, 0) is 4.84 Å². The number of aromatic hydroxyl groups is 2. The van der Waals surface area contributed by atoms with E-state index in [1.807, 2.05) is 0 Å². The second-order valence-electron chi connectivity index (χ2n) is 2.13. The van der Waals surface area contributed by atoms with Crippen LogP contribution in [0.2, 0.25) is 0 Å². The largest absolute Gasteiger partial charge is 0.504 e. The highest BCUT2D eigenvalue weighted by molar-refractivity contribution is 5.84. The Morgan fingerprint density at radius 1 is 1.42 bits per heavy atom. The summed E-state index contributed by atoms with van der Waals surface area (Å²) in [6, 6.07) is 4.60. The van der Waals surface area contributed by atoms with E-state index in [9.17, 15) is 5.11 Å². The smallest absolute Gasteiger partial charge is 0.166 e. The third kappa shape index (κ3) is 1.66. The van der Waals surface area contributed by atoms with Crippen LogP contribution in [0.5, 0.6) is 11.5 Å². The van der Waals surface area contributed by atoms with Crippen LogP contribution in [0.4, 0.5) is 0 Å². The van der Waals surface area contributed by atoms with E-state index < -0.39 is 0 Å². The highest BCUT2D eigenvalue weighted by Crippen LogP contribution is 2.26. The van der Waals surface area contributed by atoms with Gasteiger partial charge in [0, 0.05) is 5.56 Å². The van der Waals surface area contributed by atoms with Gasteiger partial charge in [-0.3, -0.25) is 0 Å². The number of para-hydroxylation sites is 1. The molecule has 0 aliphatic heterocycles. The van der Waals surface area contributed by atoms with Crippen molar-refractivity contribution in [1.82, 2.24) is 0 Å². The summed E-state index contributed by atoms with van der Waals surface area (Å²) in [7, 11) is 1.40. The first kappa shape index (κ1) is 8.39. The van der Waals surface area contributed by atoms with Crippen LogP contribution in [0.15, 0.2) is 23.4 Å². The molecular weight excluding hydrogens is 158 g/mol. The average Bonchev–Trinajstić information content (AvgIpc) is 2.08. The second-order valence-corrected chi connectivity index (χ2v) is 2.13. The number of rotatable bonds is 2. The van der Waals surface area contributed by atoms with Crippen LogP contribution >= 0.6 is 0 Å². The maximum Gasteiger partial charge on any atom is 0.166 e. The molecule has 4 heteroatoms. The van der Waals surface area contributed by atoms with Gasteiger partial charge in [-0.05, 0) is 12.1 Å². The molecule has 0 aromatic heterocycles. The number of phenolic OH excluding ortho intramolecular Hbond substituents is 2. The van der Waals surface area contributed by atoms with E-state index in [1.54, 1.807) is 12.1 Å². The molecule has 1 aromatic rings. The molecule has 2 N–H and O–H groups in total. The molecule has 0 amide bonds. The summed E-state index contributed by atoms with van der Waals surface area (Å²) >= 11 is 0. The molecule has 0 bridgehead atoms. The quantitative estimate of drug-likeness (QED) is 0.393. The van der Waals surface area contributed by atoms with Gasteiger partial charge < -0.3 is 15.1 Å². The minimum Gasteiger partial charge on any atom is -0.504 e. The minimum absolute atomic E-state index is 0.171. The SMILES string of the molecule is CON=Cc1cccc(O)c1O. The molecule has 0 fully saturated rings. The molecule has 0 spiro atoms. The van der Waals surface area contributed by atoms with Crippen molar-refractivity contribution in [1.29, 1.82) is 0 Å². The number of nitrogens with zero attached hydrogens (tertiary/aromatic N) is 1. The van der Waals surface area contributed by atoms with Crippen LogP contribution < -0.4 is 0 Å². The summed E-state index contributed by atoms with van der Waals surface area (Å²) in [5, 5.41) is 21.7. The molecular formula is C8H9NO3. The molecule has 0 radical (unpaired) electrons. The molecule has 1 aromatic carbocycles. The van der Waals surface area contributed by atoms with E-state index in [4.69, 9.17) is 5.11 Å². The van der Waals surface area contributed by atoms with Crippen LogP contribution in [0, 0.1) is 0 Å². The lowest BCUT2D eigenvalue weighted by Gasteiger charge is -1.99. The molecule has 0 atom stereocenters. The van der Waals surface area contributed by atoms with Gasteiger partial charge in [-0.1, -0.05) is 11.2 Å². The van der Waals surface area contributed by atoms with Gasteiger partial charge in [0.2, 0.25) is 0 Å². The van der Waals surface area contributed by atoms with Crippen molar-refractivity contribution < 1.29 is 15.1 Å². The zero-order chi connectivity index (χ0) is 8.97. The summed E-state index contributed by atoms with van der Waals surface area (Å²) < 4.78 is 0. The Bertz CT molecular complexity index is 296. The molecule has 0 unspecified atom stereocenters. The van der Waals surface area contributed by atoms with Crippen molar-refractivity contribution in [2.75, 3.05) is 7.11 Å². The maximum absolute atomic E-state index is 9.23. The molecule has 0 saturated heterocycles. The number of hydrogen-bond acceptors (Lipinski definition) is 4. The van der Waals surface area contributed by atoms with Crippen molar-refractivity contribution in [2.45, 2.75) is 0 Å². The zero-order valence-electron chi connectivity index (χ0n) is 6.56. The molecule has 64 valence electrons. The Labute approximate surface area is 69.7 Å². The average molecular weight is 167 g/mol. The Morgan fingerprint density at radius 2 is 2.17 bits per heavy atom. The first-order valence-electron chi connectivity index (χ1n) is 3.33. The highest BCUT2D eigenvalue weighted by atomic mass is 16.6. The first-order valence-corrected chi connectivity index (χ1v) is 3.33. The van der Waals surface area contributed by atoms with Crippen LogP contribution in [0.3, 0.4) is 0 Å². The van der Waals surface area contributed by atoms with E-state index in [-0.39, 0.29) is 11.5 Å². The molecule has 0 aliphatic rings. The van der Waals surface area contributed by atoms with E-state index in [1.165, 1.54) is 19.4 Å². The predicted molar refractivity (Wildman–Crippen MR) is 44.4 cm³/mol. The van der Waals surface area contributed by atoms with Gasteiger partial charge in [-0.25, -0.2) is 0 Å². The summed E-state index contributed by atoms with van der Waals surface area (Å²) in [4.78, 5) is 4.42. The second kappa shape index (κ2) is 3.61. The Hall–Kier alpha value is -1.71. The molecule has 0 aliphatic carbocycles. The van der Waals surface area contributed by atoms with Gasteiger partial charge in [0.25, 0.3) is 0 Å². The molecule has 0 heterocycles. The standard InChI is InChI=1S/C8H9NO3/c1-12-9-5-6-3-2-4-7(10)8(6)11/h2-5,10-11H,1H3. The van der Waals surface area contributed by atoms with Crippen LogP contribution in [0.25, 0.3) is 0 Å². The van der Waals surface area contributed by atoms with E-state index >= 15 is 0 Å². The van der Waals surface area contributed by atoms with Crippen molar-refractivity contribution in [2.24, 2.45) is 5.16 Å². The Balaban J connectivity index is 3.00. The molecule has 4 nitrogen and oxygen atoms in total. The normalized spacial score (nSPS) is 10.4. The van der Waals surface area contributed by atoms with Crippen molar-refractivity contribution in [3.63, 3.8) is 0 Å². The summed E-state index contributed by atoms with van der Waals surface area (Å²) in [6.07, 6.45) is 1.31. The van der Waals surface area contributed by atoms with Gasteiger partial charge in [-0.2, -0.15) is 0 Å². The summed E-state index contributed by atoms with van der Waals surface area (Å²) in [6.45, 7) is 0. The summed E-state index contributed by atoms with van der Waals surface area (Å²) in [5.41, 5.74) is 0.414. The zero-order valence-corrected chi connectivity index (χ0v) is 6.56. The van der Waals surface area contributed by atoms with Crippen molar-refractivity contribution >= 4 is 6.21 Å². The van der Waals surface area contributed by atoms with Gasteiger partial charge in [0.15, 0.2) is 11.5 Å². The monoisotopic (exact) mass is 167 g/mol. The fourth-order valence-electron chi connectivity index (χ4n) is 0.762. The molecule has 1 rings (SSSR count). The van der Waals surface area contributed by atoms with Gasteiger partial charge in [0.1, 0.15) is 7.11 Å². The number of oxime groups is 1. The van der Waals surface area contributed by atoms with E-state index in [0.29, 0.717) is 5.56 Å². The van der Waals surface area contributed by atoms with Gasteiger partial charge in [-0.15, -0.1) is 0 Å². The molecule has 12 heavy (non-hydrogen) atoms. The van der Waals surface area contributed by atoms with E-state index in [0.717, 1.165) is 0 Å². The van der Waals surface area contributed by atoms with E-state index in [2.05, 4.69) is 9.99 Å². The Kier molecular flexibility index (Phi) is 2.53.